The average Bonchev–Trinajstić information content (AvgIpc) is 3.06. The van der Waals surface area contributed by atoms with Crippen molar-refractivity contribution in [1.29, 1.82) is 0 Å². The first-order valence-corrected chi connectivity index (χ1v) is 6.88. The molecule has 0 spiro atoms. The van der Waals surface area contributed by atoms with Gasteiger partial charge in [-0.2, -0.15) is 0 Å². The van der Waals surface area contributed by atoms with Gasteiger partial charge in [0, 0.05) is 18.3 Å². The van der Waals surface area contributed by atoms with Crippen molar-refractivity contribution in [3.8, 4) is 0 Å². The van der Waals surface area contributed by atoms with Gasteiger partial charge in [0.25, 0.3) is 0 Å². The van der Waals surface area contributed by atoms with Gasteiger partial charge >= 0.3 is 0 Å². The molecule has 0 fully saturated rings. The molecule has 2 rings (SSSR count). The maximum atomic E-state index is 12.1. The molecule has 0 aliphatic rings. The van der Waals surface area contributed by atoms with Gasteiger partial charge in [-0.15, -0.1) is 11.3 Å². The first kappa shape index (κ1) is 12.9. The van der Waals surface area contributed by atoms with Crippen molar-refractivity contribution in [3.63, 3.8) is 0 Å². The fourth-order valence-electron chi connectivity index (χ4n) is 1.80. The maximum Gasteiger partial charge on any atom is 0.223 e. The normalized spacial score (nSPS) is 12.3. The molecule has 2 aromatic heterocycles. The van der Waals surface area contributed by atoms with Crippen molar-refractivity contribution in [2.24, 2.45) is 0 Å². The molecule has 2 heterocycles. The number of aryl methyl sites for hydroxylation is 1. The van der Waals surface area contributed by atoms with Crippen LogP contribution in [-0.4, -0.2) is 17.9 Å². The Morgan fingerprint density at radius 3 is 2.89 bits per heavy atom. The van der Waals surface area contributed by atoms with E-state index in [0.29, 0.717) is 6.42 Å². The zero-order valence-corrected chi connectivity index (χ0v) is 11.4. The predicted molar refractivity (Wildman–Crippen MR) is 72.5 cm³/mol. The van der Waals surface area contributed by atoms with Crippen LogP contribution in [0.25, 0.3) is 0 Å². The first-order chi connectivity index (χ1) is 8.68. The van der Waals surface area contributed by atoms with Crippen molar-refractivity contribution < 1.29 is 9.21 Å². The van der Waals surface area contributed by atoms with Gasteiger partial charge in [0.05, 0.1) is 12.3 Å². The number of thiophene rings is 1. The SMILES string of the molecule is CC(c1ccco1)N(C)C(=O)CCc1cccs1. The number of rotatable bonds is 5. The van der Waals surface area contributed by atoms with E-state index in [4.69, 9.17) is 4.42 Å². The van der Waals surface area contributed by atoms with Crippen molar-refractivity contribution >= 4 is 17.2 Å². The molecule has 1 unspecified atom stereocenters. The average molecular weight is 263 g/mol. The molecule has 96 valence electrons. The summed E-state index contributed by atoms with van der Waals surface area (Å²) in [6.45, 7) is 1.97. The van der Waals surface area contributed by atoms with Crippen LogP contribution in [-0.2, 0) is 11.2 Å². The molecule has 0 radical (unpaired) electrons. The summed E-state index contributed by atoms with van der Waals surface area (Å²) in [7, 11) is 1.82. The molecule has 0 saturated carbocycles. The number of furan rings is 1. The predicted octanol–water partition coefficient (Wildman–Crippen LogP) is 3.49. The number of hydrogen-bond donors (Lipinski definition) is 0. The van der Waals surface area contributed by atoms with E-state index in [1.807, 2.05) is 37.6 Å². The molecule has 0 bridgehead atoms. The third-order valence-electron chi connectivity index (χ3n) is 3.09. The number of amides is 1. The highest BCUT2D eigenvalue weighted by atomic mass is 32.1. The molecule has 0 N–H and O–H groups in total. The molecule has 1 amide bonds. The van der Waals surface area contributed by atoms with Crippen LogP contribution in [0.2, 0.25) is 0 Å². The molecule has 0 saturated heterocycles. The largest absolute Gasteiger partial charge is 0.467 e. The van der Waals surface area contributed by atoms with E-state index in [9.17, 15) is 4.79 Å². The summed E-state index contributed by atoms with van der Waals surface area (Å²) in [5, 5.41) is 2.04. The van der Waals surface area contributed by atoms with E-state index in [1.54, 1.807) is 22.5 Å². The van der Waals surface area contributed by atoms with Crippen LogP contribution < -0.4 is 0 Å². The van der Waals surface area contributed by atoms with Crippen molar-refractivity contribution in [3.05, 3.63) is 46.5 Å². The van der Waals surface area contributed by atoms with Crippen molar-refractivity contribution in [2.45, 2.75) is 25.8 Å². The Hall–Kier alpha value is -1.55. The van der Waals surface area contributed by atoms with Gasteiger partial charge in [-0.25, -0.2) is 0 Å². The second kappa shape index (κ2) is 5.87. The molecular formula is C14H17NO2S. The number of hydrogen-bond acceptors (Lipinski definition) is 3. The molecule has 2 aromatic rings. The van der Waals surface area contributed by atoms with E-state index < -0.39 is 0 Å². The Kier molecular flexibility index (Phi) is 4.20. The molecule has 18 heavy (non-hydrogen) atoms. The Morgan fingerprint density at radius 1 is 1.44 bits per heavy atom. The quantitative estimate of drug-likeness (QED) is 0.827. The Bertz CT molecular complexity index is 476. The number of carbonyl (C=O) groups excluding carboxylic acids is 1. The fraction of sp³-hybridized carbons (Fsp3) is 0.357. The van der Waals surface area contributed by atoms with E-state index in [1.165, 1.54) is 4.88 Å². The summed E-state index contributed by atoms with van der Waals surface area (Å²) in [6, 6.07) is 7.80. The fourth-order valence-corrected chi connectivity index (χ4v) is 2.51. The Balaban J connectivity index is 1.88. The lowest BCUT2D eigenvalue weighted by atomic mass is 10.2. The summed E-state index contributed by atoms with van der Waals surface area (Å²) in [5.41, 5.74) is 0. The highest BCUT2D eigenvalue weighted by molar-refractivity contribution is 7.09. The van der Waals surface area contributed by atoms with Gasteiger partial charge in [-0.05, 0) is 36.9 Å². The maximum absolute atomic E-state index is 12.1. The second-order valence-electron chi connectivity index (χ2n) is 4.28. The van der Waals surface area contributed by atoms with E-state index in [-0.39, 0.29) is 11.9 Å². The molecule has 0 aliphatic carbocycles. The van der Waals surface area contributed by atoms with Crippen LogP contribution in [0.5, 0.6) is 0 Å². The Labute approximate surface area is 111 Å². The standard InChI is InChI=1S/C14H17NO2S/c1-11(13-6-3-9-17-13)15(2)14(16)8-7-12-5-4-10-18-12/h3-6,9-11H,7-8H2,1-2H3. The molecule has 0 aliphatic heterocycles. The first-order valence-electron chi connectivity index (χ1n) is 6.00. The zero-order valence-electron chi connectivity index (χ0n) is 10.6. The summed E-state index contributed by atoms with van der Waals surface area (Å²) < 4.78 is 5.33. The summed E-state index contributed by atoms with van der Waals surface area (Å²) in [6.07, 6.45) is 2.99. The van der Waals surface area contributed by atoms with Crippen LogP contribution >= 0.6 is 11.3 Å². The highest BCUT2D eigenvalue weighted by Crippen LogP contribution is 2.20. The Morgan fingerprint density at radius 2 is 2.28 bits per heavy atom. The van der Waals surface area contributed by atoms with E-state index in [0.717, 1.165) is 12.2 Å². The highest BCUT2D eigenvalue weighted by Gasteiger charge is 2.19. The zero-order chi connectivity index (χ0) is 13.0. The lowest BCUT2D eigenvalue weighted by molar-refractivity contribution is -0.132. The summed E-state index contributed by atoms with van der Waals surface area (Å²) >= 11 is 1.69. The minimum Gasteiger partial charge on any atom is -0.467 e. The van der Waals surface area contributed by atoms with Gasteiger partial charge in [-0.1, -0.05) is 6.07 Å². The summed E-state index contributed by atoms with van der Waals surface area (Å²) in [5.74, 6) is 0.967. The van der Waals surface area contributed by atoms with Crippen LogP contribution in [0.1, 0.15) is 30.0 Å². The van der Waals surface area contributed by atoms with Crippen LogP contribution in [0.15, 0.2) is 40.3 Å². The number of carbonyl (C=O) groups is 1. The second-order valence-corrected chi connectivity index (χ2v) is 5.31. The topological polar surface area (TPSA) is 33.5 Å². The smallest absolute Gasteiger partial charge is 0.223 e. The minimum atomic E-state index is -0.0177. The molecule has 3 nitrogen and oxygen atoms in total. The van der Waals surface area contributed by atoms with Gasteiger partial charge in [0.1, 0.15) is 5.76 Å². The molecular weight excluding hydrogens is 246 g/mol. The van der Waals surface area contributed by atoms with Crippen molar-refractivity contribution in [1.82, 2.24) is 4.90 Å². The minimum absolute atomic E-state index is 0.0177. The van der Waals surface area contributed by atoms with E-state index >= 15 is 0 Å². The van der Waals surface area contributed by atoms with Gasteiger partial charge in [-0.3, -0.25) is 4.79 Å². The summed E-state index contributed by atoms with van der Waals surface area (Å²) in [4.78, 5) is 15.1. The van der Waals surface area contributed by atoms with Crippen LogP contribution in [0.4, 0.5) is 0 Å². The van der Waals surface area contributed by atoms with Gasteiger partial charge in [0.2, 0.25) is 5.91 Å². The third kappa shape index (κ3) is 3.01. The van der Waals surface area contributed by atoms with E-state index in [2.05, 4.69) is 6.07 Å². The monoisotopic (exact) mass is 263 g/mol. The molecule has 0 aromatic carbocycles. The molecule has 1 atom stereocenters. The van der Waals surface area contributed by atoms with Gasteiger partial charge in [0.15, 0.2) is 0 Å². The lowest BCUT2D eigenvalue weighted by Crippen LogP contribution is -2.29. The third-order valence-corrected chi connectivity index (χ3v) is 4.03. The van der Waals surface area contributed by atoms with Crippen LogP contribution in [0.3, 0.4) is 0 Å². The van der Waals surface area contributed by atoms with Gasteiger partial charge < -0.3 is 9.32 Å². The lowest BCUT2D eigenvalue weighted by Gasteiger charge is -2.23. The molecule has 4 heteroatoms. The number of nitrogens with zero attached hydrogens (tertiary/aromatic N) is 1. The van der Waals surface area contributed by atoms with Crippen molar-refractivity contribution in [2.75, 3.05) is 7.05 Å². The van der Waals surface area contributed by atoms with Crippen LogP contribution in [0, 0.1) is 0 Å².